The van der Waals surface area contributed by atoms with E-state index >= 15 is 0 Å². The Labute approximate surface area is 98.6 Å². The quantitative estimate of drug-likeness (QED) is 0.739. The van der Waals surface area contributed by atoms with Gasteiger partial charge in [-0.1, -0.05) is 18.2 Å². The number of rotatable bonds is 2. The number of aromatic amines is 1. The zero-order valence-corrected chi connectivity index (χ0v) is 9.31. The van der Waals surface area contributed by atoms with E-state index in [1.807, 2.05) is 24.4 Å². The van der Waals surface area contributed by atoms with Gasteiger partial charge in [-0.3, -0.25) is 10.1 Å². The molecule has 1 fully saturated rings. The molecule has 4 nitrogen and oxygen atoms in total. The molecular formula is C13H14N2O2. The Morgan fingerprint density at radius 3 is 2.88 bits per heavy atom. The van der Waals surface area contributed by atoms with E-state index in [1.54, 1.807) is 0 Å². The minimum absolute atomic E-state index is 0.146. The summed E-state index contributed by atoms with van der Waals surface area (Å²) in [6.45, 7) is 0. The maximum absolute atomic E-state index is 10.9. The van der Waals surface area contributed by atoms with E-state index in [-0.39, 0.29) is 6.04 Å². The van der Waals surface area contributed by atoms with Crippen molar-refractivity contribution in [3.05, 3.63) is 36.0 Å². The highest BCUT2D eigenvalue weighted by molar-refractivity contribution is 5.84. The van der Waals surface area contributed by atoms with Crippen LogP contribution in [0.5, 0.6) is 0 Å². The molecule has 0 radical (unpaired) electrons. The van der Waals surface area contributed by atoms with Gasteiger partial charge in [0, 0.05) is 23.1 Å². The average molecular weight is 230 g/mol. The van der Waals surface area contributed by atoms with Gasteiger partial charge in [0.05, 0.1) is 0 Å². The van der Waals surface area contributed by atoms with Crippen molar-refractivity contribution in [1.82, 2.24) is 10.3 Å². The highest BCUT2D eigenvalue weighted by Crippen LogP contribution is 2.31. The number of carboxylic acid groups (broad SMARTS) is 1. The molecular weight excluding hydrogens is 216 g/mol. The molecule has 3 rings (SSSR count). The van der Waals surface area contributed by atoms with E-state index in [4.69, 9.17) is 5.11 Å². The van der Waals surface area contributed by atoms with Crippen molar-refractivity contribution in [2.75, 3.05) is 0 Å². The number of H-pyrrole nitrogens is 1. The molecule has 2 aromatic rings. The van der Waals surface area contributed by atoms with Crippen LogP contribution in [0, 0.1) is 0 Å². The smallest absolute Gasteiger partial charge is 0.320 e. The van der Waals surface area contributed by atoms with Crippen LogP contribution >= 0.6 is 0 Å². The van der Waals surface area contributed by atoms with E-state index in [2.05, 4.69) is 16.4 Å². The monoisotopic (exact) mass is 230 g/mol. The van der Waals surface area contributed by atoms with Gasteiger partial charge in [0.2, 0.25) is 0 Å². The third kappa shape index (κ3) is 1.70. The number of benzene rings is 1. The fourth-order valence-corrected chi connectivity index (χ4v) is 2.57. The standard InChI is InChI=1S/C13H14N2O2/c16-13(17)12-6-5-11(15-12)9-7-14-10-4-2-1-3-8(9)10/h1-4,7,11-12,14-15H,5-6H2,(H,16,17)/t11?,12-/m0/s1. The first kappa shape index (κ1) is 10.4. The molecule has 1 unspecified atom stereocenters. The summed E-state index contributed by atoms with van der Waals surface area (Å²) >= 11 is 0. The summed E-state index contributed by atoms with van der Waals surface area (Å²) in [4.78, 5) is 14.1. The Hall–Kier alpha value is -1.81. The fraction of sp³-hybridized carbons (Fsp3) is 0.308. The molecule has 88 valence electrons. The summed E-state index contributed by atoms with van der Waals surface area (Å²) in [5.41, 5.74) is 2.27. The number of hydrogen-bond acceptors (Lipinski definition) is 2. The second kappa shape index (κ2) is 3.89. The van der Waals surface area contributed by atoms with Crippen LogP contribution in [0.3, 0.4) is 0 Å². The van der Waals surface area contributed by atoms with Crippen LogP contribution in [-0.4, -0.2) is 22.1 Å². The van der Waals surface area contributed by atoms with Crippen molar-refractivity contribution in [2.45, 2.75) is 24.9 Å². The van der Waals surface area contributed by atoms with Gasteiger partial charge < -0.3 is 10.1 Å². The summed E-state index contributed by atoms with van der Waals surface area (Å²) in [6.07, 6.45) is 3.55. The number of aliphatic carboxylic acids is 1. The van der Waals surface area contributed by atoms with E-state index in [0.717, 1.165) is 11.9 Å². The van der Waals surface area contributed by atoms with Crippen molar-refractivity contribution in [1.29, 1.82) is 0 Å². The number of para-hydroxylation sites is 1. The first-order valence-electron chi connectivity index (χ1n) is 5.80. The molecule has 1 aliphatic heterocycles. The zero-order chi connectivity index (χ0) is 11.8. The molecule has 1 aromatic carbocycles. The molecule has 2 heterocycles. The van der Waals surface area contributed by atoms with Crippen LogP contribution in [0.4, 0.5) is 0 Å². The number of fused-ring (bicyclic) bond motifs is 1. The molecule has 0 saturated carbocycles. The maximum Gasteiger partial charge on any atom is 0.320 e. The minimum atomic E-state index is -0.757. The molecule has 1 aliphatic rings. The van der Waals surface area contributed by atoms with Gasteiger partial charge in [0.1, 0.15) is 6.04 Å². The number of carbonyl (C=O) groups is 1. The Bertz CT molecular complexity index is 561. The van der Waals surface area contributed by atoms with Crippen LogP contribution in [0.15, 0.2) is 30.5 Å². The average Bonchev–Trinajstić information content (AvgIpc) is 2.95. The van der Waals surface area contributed by atoms with Crippen LogP contribution < -0.4 is 5.32 Å². The lowest BCUT2D eigenvalue weighted by atomic mass is 10.0. The first-order chi connectivity index (χ1) is 8.25. The predicted molar refractivity (Wildman–Crippen MR) is 64.8 cm³/mol. The lowest BCUT2D eigenvalue weighted by Crippen LogP contribution is -2.31. The highest BCUT2D eigenvalue weighted by atomic mass is 16.4. The van der Waals surface area contributed by atoms with Crippen LogP contribution in [0.1, 0.15) is 24.4 Å². The maximum atomic E-state index is 10.9. The summed E-state index contributed by atoms with van der Waals surface area (Å²) in [6, 6.07) is 7.83. The van der Waals surface area contributed by atoms with Crippen LogP contribution in [0.25, 0.3) is 10.9 Å². The molecule has 17 heavy (non-hydrogen) atoms. The molecule has 3 N–H and O–H groups in total. The Kier molecular flexibility index (Phi) is 2.37. The third-order valence-corrected chi connectivity index (χ3v) is 3.44. The van der Waals surface area contributed by atoms with Crippen molar-refractivity contribution >= 4 is 16.9 Å². The molecule has 1 saturated heterocycles. The van der Waals surface area contributed by atoms with Crippen LogP contribution in [0.2, 0.25) is 0 Å². The van der Waals surface area contributed by atoms with E-state index in [9.17, 15) is 4.79 Å². The lowest BCUT2D eigenvalue weighted by Gasteiger charge is -2.10. The van der Waals surface area contributed by atoms with Crippen molar-refractivity contribution in [2.24, 2.45) is 0 Å². The first-order valence-corrected chi connectivity index (χ1v) is 5.80. The SMILES string of the molecule is O=C(O)[C@@H]1CCC(c2c[nH]c3ccccc23)N1. The Morgan fingerprint density at radius 1 is 1.29 bits per heavy atom. The predicted octanol–water partition coefficient (Wildman–Crippen LogP) is 2.05. The molecule has 0 spiro atoms. The van der Waals surface area contributed by atoms with Gasteiger partial charge in [0.25, 0.3) is 0 Å². The molecule has 4 heteroatoms. The number of hydrogen-bond donors (Lipinski definition) is 3. The number of nitrogens with one attached hydrogen (secondary N) is 2. The number of carboxylic acids is 1. The van der Waals surface area contributed by atoms with Crippen molar-refractivity contribution in [3.63, 3.8) is 0 Å². The Morgan fingerprint density at radius 2 is 2.12 bits per heavy atom. The summed E-state index contributed by atoms with van der Waals surface area (Å²) in [5.74, 6) is -0.757. The topological polar surface area (TPSA) is 65.1 Å². The van der Waals surface area contributed by atoms with Gasteiger partial charge in [-0.15, -0.1) is 0 Å². The zero-order valence-electron chi connectivity index (χ0n) is 9.31. The van der Waals surface area contributed by atoms with Crippen LogP contribution in [-0.2, 0) is 4.79 Å². The largest absolute Gasteiger partial charge is 0.480 e. The Balaban J connectivity index is 1.93. The molecule has 1 aromatic heterocycles. The third-order valence-electron chi connectivity index (χ3n) is 3.44. The second-order valence-electron chi connectivity index (χ2n) is 4.48. The summed E-state index contributed by atoms with van der Waals surface area (Å²) < 4.78 is 0. The minimum Gasteiger partial charge on any atom is -0.480 e. The molecule has 0 aliphatic carbocycles. The van der Waals surface area contributed by atoms with Gasteiger partial charge >= 0.3 is 5.97 Å². The van der Waals surface area contributed by atoms with Gasteiger partial charge in [-0.2, -0.15) is 0 Å². The van der Waals surface area contributed by atoms with Gasteiger partial charge in [0.15, 0.2) is 0 Å². The van der Waals surface area contributed by atoms with Gasteiger partial charge in [-0.25, -0.2) is 0 Å². The van der Waals surface area contributed by atoms with E-state index < -0.39 is 12.0 Å². The van der Waals surface area contributed by atoms with Crippen molar-refractivity contribution < 1.29 is 9.90 Å². The molecule has 0 amide bonds. The second-order valence-corrected chi connectivity index (χ2v) is 4.48. The summed E-state index contributed by atoms with van der Waals surface area (Å²) in [7, 11) is 0. The lowest BCUT2D eigenvalue weighted by molar-refractivity contribution is -0.139. The van der Waals surface area contributed by atoms with E-state index in [1.165, 1.54) is 10.9 Å². The normalized spacial score (nSPS) is 24.2. The number of aromatic nitrogens is 1. The summed E-state index contributed by atoms with van der Waals surface area (Å²) in [5, 5.41) is 13.3. The van der Waals surface area contributed by atoms with Crippen molar-refractivity contribution in [3.8, 4) is 0 Å². The molecule has 2 atom stereocenters. The highest BCUT2D eigenvalue weighted by Gasteiger charge is 2.30. The molecule has 0 bridgehead atoms. The fourth-order valence-electron chi connectivity index (χ4n) is 2.57. The van der Waals surface area contributed by atoms with E-state index in [0.29, 0.717) is 6.42 Å². The van der Waals surface area contributed by atoms with Gasteiger partial charge in [-0.05, 0) is 24.5 Å².